The van der Waals surface area contributed by atoms with Gasteiger partial charge in [0.2, 0.25) is 5.91 Å². The Kier molecular flexibility index (Phi) is 5.96. The number of benzene rings is 2. The Morgan fingerprint density at radius 3 is 2.28 bits per heavy atom. The molecule has 29 heavy (non-hydrogen) atoms. The molecule has 1 saturated heterocycles. The monoisotopic (exact) mass is 397 g/mol. The molecule has 2 aromatic rings. The van der Waals surface area contributed by atoms with Gasteiger partial charge in [-0.15, -0.1) is 0 Å². The Labute approximate surface area is 171 Å². The number of hydrogen-bond donors (Lipinski definition) is 1. The topological polar surface area (TPSA) is 71.1 Å². The van der Waals surface area contributed by atoms with Gasteiger partial charge in [-0.3, -0.25) is 9.69 Å². The molecule has 0 unspecified atom stereocenters. The number of carbonyl (C=O) groups excluding carboxylic acids is 2. The van der Waals surface area contributed by atoms with Crippen molar-refractivity contribution in [2.24, 2.45) is 0 Å². The van der Waals surface area contributed by atoms with Gasteiger partial charge in [-0.1, -0.05) is 17.7 Å². The summed E-state index contributed by atoms with van der Waals surface area (Å²) in [4.78, 5) is 28.6. The van der Waals surface area contributed by atoms with Crippen LogP contribution in [0.1, 0.15) is 16.7 Å². The first-order valence-corrected chi connectivity index (χ1v) is 9.50. The molecule has 3 rings (SSSR count). The fourth-order valence-corrected chi connectivity index (χ4v) is 3.69. The fraction of sp³-hybridized carbons (Fsp3) is 0.364. The summed E-state index contributed by atoms with van der Waals surface area (Å²) in [7, 11) is 3.12. The zero-order valence-corrected chi connectivity index (χ0v) is 17.5. The van der Waals surface area contributed by atoms with Crippen LogP contribution in [-0.4, -0.2) is 50.7 Å². The molecule has 1 N–H and O–H groups in total. The van der Waals surface area contributed by atoms with Gasteiger partial charge in [0.05, 0.1) is 14.2 Å². The second-order valence-corrected chi connectivity index (χ2v) is 7.22. The summed E-state index contributed by atoms with van der Waals surface area (Å²) in [6.45, 7) is 6.95. The van der Waals surface area contributed by atoms with Gasteiger partial charge in [0.25, 0.3) is 0 Å². The molecule has 7 nitrogen and oxygen atoms in total. The summed E-state index contributed by atoms with van der Waals surface area (Å²) >= 11 is 0. The van der Waals surface area contributed by atoms with Crippen molar-refractivity contribution in [1.82, 2.24) is 4.90 Å². The Bertz CT molecular complexity index is 919. The predicted octanol–water partition coefficient (Wildman–Crippen LogP) is 3.51. The van der Waals surface area contributed by atoms with E-state index in [0.29, 0.717) is 30.3 Å². The van der Waals surface area contributed by atoms with Gasteiger partial charge < -0.3 is 19.7 Å². The SMILES string of the molecule is COc1ccc(N2CCN(CC(=O)Nc3c(C)cc(C)cc3C)C2=O)cc1OC. The van der Waals surface area contributed by atoms with Crippen molar-refractivity contribution in [2.75, 3.05) is 44.1 Å². The van der Waals surface area contributed by atoms with Gasteiger partial charge in [0, 0.05) is 30.5 Å². The minimum atomic E-state index is -0.206. The molecule has 0 aromatic heterocycles. The maximum atomic E-state index is 12.8. The minimum absolute atomic E-state index is 0.00930. The summed E-state index contributed by atoms with van der Waals surface area (Å²) in [5.41, 5.74) is 4.69. The molecule has 0 aliphatic carbocycles. The lowest BCUT2D eigenvalue weighted by atomic mass is 10.1. The highest BCUT2D eigenvalue weighted by atomic mass is 16.5. The average molecular weight is 397 g/mol. The van der Waals surface area contributed by atoms with Crippen LogP contribution in [0.4, 0.5) is 16.2 Å². The van der Waals surface area contributed by atoms with Crippen LogP contribution in [0.5, 0.6) is 11.5 Å². The minimum Gasteiger partial charge on any atom is -0.493 e. The van der Waals surface area contributed by atoms with Crippen LogP contribution in [0.2, 0.25) is 0 Å². The molecule has 0 saturated carbocycles. The van der Waals surface area contributed by atoms with Gasteiger partial charge in [0.1, 0.15) is 6.54 Å². The van der Waals surface area contributed by atoms with Crippen molar-refractivity contribution >= 4 is 23.3 Å². The van der Waals surface area contributed by atoms with Gasteiger partial charge in [-0.2, -0.15) is 0 Å². The van der Waals surface area contributed by atoms with Crippen LogP contribution >= 0.6 is 0 Å². The number of nitrogens with zero attached hydrogens (tertiary/aromatic N) is 2. The van der Waals surface area contributed by atoms with Crippen molar-refractivity contribution in [3.05, 3.63) is 47.0 Å². The van der Waals surface area contributed by atoms with Crippen molar-refractivity contribution in [3.63, 3.8) is 0 Å². The van der Waals surface area contributed by atoms with E-state index in [1.807, 2.05) is 39.0 Å². The van der Waals surface area contributed by atoms with E-state index >= 15 is 0 Å². The quantitative estimate of drug-likeness (QED) is 0.810. The van der Waals surface area contributed by atoms with Crippen LogP contribution in [-0.2, 0) is 4.79 Å². The molecule has 0 bridgehead atoms. The highest BCUT2D eigenvalue weighted by molar-refractivity contribution is 6.00. The number of hydrogen-bond acceptors (Lipinski definition) is 4. The third-order valence-electron chi connectivity index (χ3n) is 5.05. The van der Waals surface area contributed by atoms with E-state index in [2.05, 4.69) is 5.32 Å². The van der Waals surface area contributed by atoms with E-state index < -0.39 is 0 Å². The second kappa shape index (κ2) is 8.43. The average Bonchev–Trinajstić information content (AvgIpc) is 3.04. The molecule has 0 spiro atoms. The molecular weight excluding hydrogens is 370 g/mol. The zero-order chi connectivity index (χ0) is 21.1. The Balaban J connectivity index is 1.68. The number of urea groups is 1. The molecule has 1 heterocycles. The molecule has 1 aliphatic rings. The van der Waals surface area contributed by atoms with Crippen molar-refractivity contribution in [3.8, 4) is 11.5 Å². The summed E-state index contributed by atoms with van der Waals surface area (Å²) in [6, 6.07) is 9.19. The lowest BCUT2D eigenvalue weighted by Gasteiger charge is -2.20. The van der Waals surface area contributed by atoms with E-state index in [0.717, 1.165) is 22.4 Å². The highest BCUT2D eigenvalue weighted by Crippen LogP contribution is 2.32. The molecular formula is C22H27N3O4. The standard InChI is InChI=1S/C22H27N3O4/c1-14-10-15(2)21(16(3)11-14)23-20(26)13-24-8-9-25(22(24)27)17-6-7-18(28-4)19(12-17)29-5/h6-7,10-12H,8-9,13H2,1-5H3,(H,23,26). The number of methoxy groups -OCH3 is 2. The third kappa shape index (κ3) is 4.29. The van der Waals surface area contributed by atoms with Crippen LogP contribution in [0.25, 0.3) is 0 Å². The third-order valence-corrected chi connectivity index (χ3v) is 5.05. The zero-order valence-electron chi connectivity index (χ0n) is 17.5. The fourth-order valence-electron chi connectivity index (χ4n) is 3.69. The first-order valence-electron chi connectivity index (χ1n) is 9.50. The van der Waals surface area contributed by atoms with Crippen molar-refractivity contribution in [2.45, 2.75) is 20.8 Å². The van der Waals surface area contributed by atoms with Crippen LogP contribution in [0.15, 0.2) is 30.3 Å². The smallest absolute Gasteiger partial charge is 0.325 e. The lowest BCUT2D eigenvalue weighted by Crippen LogP contribution is -2.37. The summed E-state index contributed by atoms with van der Waals surface area (Å²) in [6.07, 6.45) is 0. The van der Waals surface area contributed by atoms with E-state index in [1.54, 1.807) is 36.2 Å². The number of rotatable bonds is 6. The van der Waals surface area contributed by atoms with Crippen LogP contribution in [0.3, 0.4) is 0 Å². The summed E-state index contributed by atoms with van der Waals surface area (Å²) in [5.74, 6) is 0.949. The van der Waals surface area contributed by atoms with Crippen LogP contribution in [0, 0.1) is 20.8 Å². The van der Waals surface area contributed by atoms with Crippen LogP contribution < -0.4 is 19.7 Å². The number of carbonyl (C=O) groups is 2. The van der Waals surface area contributed by atoms with E-state index in [4.69, 9.17) is 9.47 Å². The number of ether oxygens (including phenoxy) is 2. The number of aryl methyl sites for hydroxylation is 3. The van der Waals surface area contributed by atoms with E-state index in [9.17, 15) is 9.59 Å². The maximum absolute atomic E-state index is 12.8. The molecule has 0 radical (unpaired) electrons. The molecule has 1 aliphatic heterocycles. The number of anilines is 2. The predicted molar refractivity (Wildman–Crippen MR) is 113 cm³/mol. The Morgan fingerprint density at radius 1 is 1.00 bits per heavy atom. The number of nitrogens with one attached hydrogen (secondary N) is 1. The molecule has 154 valence electrons. The normalized spacial score (nSPS) is 13.6. The maximum Gasteiger partial charge on any atom is 0.325 e. The van der Waals surface area contributed by atoms with E-state index in [1.165, 1.54) is 0 Å². The second-order valence-electron chi connectivity index (χ2n) is 7.22. The first kappa shape index (κ1) is 20.5. The first-order chi connectivity index (χ1) is 13.8. The van der Waals surface area contributed by atoms with Crippen molar-refractivity contribution < 1.29 is 19.1 Å². The largest absolute Gasteiger partial charge is 0.493 e. The van der Waals surface area contributed by atoms with Gasteiger partial charge >= 0.3 is 6.03 Å². The molecule has 1 fully saturated rings. The molecule has 2 aromatic carbocycles. The summed E-state index contributed by atoms with van der Waals surface area (Å²) < 4.78 is 10.6. The van der Waals surface area contributed by atoms with Gasteiger partial charge in [-0.05, 0) is 44.0 Å². The Morgan fingerprint density at radius 2 is 1.66 bits per heavy atom. The Hall–Kier alpha value is -3.22. The van der Waals surface area contributed by atoms with Gasteiger partial charge in [0.15, 0.2) is 11.5 Å². The molecule has 3 amide bonds. The number of amides is 3. The molecule has 7 heteroatoms. The lowest BCUT2D eigenvalue weighted by molar-refractivity contribution is -0.116. The van der Waals surface area contributed by atoms with Crippen molar-refractivity contribution in [1.29, 1.82) is 0 Å². The highest BCUT2D eigenvalue weighted by Gasteiger charge is 2.31. The van der Waals surface area contributed by atoms with E-state index in [-0.39, 0.29) is 18.5 Å². The van der Waals surface area contributed by atoms with Gasteiger partial charge in [-0.25, -0.2) is 4.79 Å². The molecule has 0 atom stereocenters. The summed E-state index contributed by atoms with van der Waals surface area (Å²) in [5, 5.41) is 2.95.